The maximum absolute atomic E-state index is 11.8. The molecule has 5 nitrogen and oxygen atoms in total. The van der Waals surface area contributed by atoms with Gasteiger partial charge in [-0.25, -0.2) is 0 Å². The van der Waals surface area contributed by atoms with E-state index in [1.54, 1.807) is 12.2 Å². The zero-order valence-corrected chi connectivity index (χ0v) is 10.6. The SMILES string of the molecule is CCN1C(=O)C(=CC=C2OCCN2C)OC1=S. The van der Waals surface area contributed by atoms with Crippen LogP contribution in [-0.2, 0) is 14.3 Å². The summed E-state index contributed by atoms with van der Waals surface area (Å²) in [5, 5.41) is 0.211. The number of ether oxygens (including phenoxy) is 2. The first kappa shape index (κ1) is 11.9. The van der Waals surface area contributed by atoms with E-state index in [4.69, 9.17) is 21.7 Å². The van der Waals surface area contributed by atoms with Gasteiger partial charge in [0.1, 0.15) is 6.61 Å². The Morgan fingerprint density at radius 3 is 2.76 bits per heavy atom. The topological polar surface area (TPSA) is 42.0 Å². The molecule has 0 N–H and O–H groups in total. The molecule has 0 aliphatic carbocycles. The Labute approximate surface area is 105 Å². The molecule has 2 fully saturated rings. The summed E-state index contributed by atoms with van der Waals surface area (Å²) in [5.41, 5.74) is 0. The second-order valence-corrected chi connectivity index (χ2v) is 4.07. The van der Waals surface area contributed by atoms with E-state index < -0.39 is 0 Å². The lowest BCUT2D eigenvalue weighted by molar-refractivity contribution is -0.122. The fraction of sp³-hybridized carbons (Fsp3) is 0.455. The van der Waals surface area contributed by atoms with Crippen molar-refractivity contribution in [3.8, 4) is 0 Å². The Balaban J connectivity index is 2.13. The van der Waals surface area contributed by atoms with Gasteiger partial charge < -0.3 is 14.4 Å². The van der Waals surface area contributed by atoms with Crippen molar-refractivity contribution in [1.82, 2.24) is 9.80 Å². The minimum absolute atomic E-state index is 0.199. The summed E-state index contributed by atoms with van der Waals surface area (Å²) < 4.78 is 10.6. The number of hydrogen-bond donors (Lipinski definition) is 0. The van der Waals surface area contributed by atoms with Crippen LogP contribution in [0.5, 0.6) is 0 Å². The van der Waals surface area contributed by atoms with E-state index >= 15 is 0 Å². The third kappa shape index (κ3) is 2.26. The molecule has 0 aromatic rings. The van der Waals surface area contributed by atoms with Gasteiger partial charge in [0, 0.05) is 19.7 Å². The fourth-order valence-electron chi connectivity index (χ4n) is 1.62. The number of likely N-dealkylation sites (N-methyl/N-ethyl adjacent to an activating group) is 2. The molecule has 2 saturated heterocycles. The Bertz CT molecular complexity index is 417. The van der Waals surface area contributed by atoms with Crippen LogP contribution in [0.25, 0.3) is 0 Å². The third-order valence-electron chi connectivity index (χ3n) is 2.62. The molecular formula is C11H14N2O3S. The molecule has 2 rings (SSSR count). The lowest BCUT2D eigenvalue weighted by Crippen LogP contribution is -2.27. The maximum Gasteiger partial charge on any atom is 0.297 e. The molecule has 2 heterocycles. The molecule has 2 aliphatic heterocycles. The smallest absolute Gasteiger partial charge is 0.297 e. The highest BCUT2D eigenvalue weighted by Gasteiger charge is 2.31. The molecule has 0 aromatic carbocycles. The average Bonchev–Trinajstić information content (AvgIpc) is 2.81. The number of rotatable bonds is 2. The lowest BCUT2D eigenvalue weighted by atomic mass is 10.4. The number of carbonyl (C=O) groups excluding carboxylic acids is 1. The van der Waals surface area contributed by atoms with Gasteiger partial charge in [0.05, 0.1) is 6.54 Å². The first-order valence-corrected chi connectivity index (χ1v) is 5.84. The molecule has 6 heteroatoms. The minimum atomic E-state index is -0.199. The summed E-state index contributed by atoms with van der Waals surface area (Å²) >= 11 is 4.95. The van der Waals surface area contributed by atoms with Crippen molar-refractivity contribution in [2.75, 3.05) is 26.7 Å². The zero-order valence-electron chi connectivity index (χ0n) is 9.80. The molecule has 0 spiro atoms. The van der Waals surface area contributed by atoms with Crippen molar-refractivity contribution in [1.29, 1.82) is 0 Å². The Hall–Kier alpha value is -1.56. The van der Waals surface area contributed by atoms with Crippen LogP contribution < -0.4 is 0 Å². The van der Waals surface area contributed by atoms with Crippen LogP contribution in [0.2, 0.25) is 0 Å². The molecule has 0 bridgehead atoms. The van der Waals surface area contributed by atoms with Gasteiger partial charge in [-0.05, 0) is 25.2 Å². The highest BCUT2D eigenvalue weighted by Crippen LogP contribution is 2.18. The normalized spacial score (nSPS) is 24.8. The minimum Gasteiger partial charge on any atom is -0.477 e. The molecule has 0 unspecified atom stereocenters. The number of allylic oxidation sites excluding steroid dienone is 2. The summed E-state index contributed by atoms with van der Waals surface area (Å²) in [7, 11) is 1.93. The van der Waals surface area contributed by atoms with E-state index in [9.17, 15) is 4.79 Å². The van der Waals surface area contributed by atoms with E-state index in [-0.39, 0.29) is 16.8 Å². The summed E-state index contributed by atoms with van der Waals surface area (Å²) in [4.78, 5) is 15.2. The van der Waals surface area contributed by atoms with Crippen LogP contribution in [0.1, 0.15) is 6.92 Å². The molecule has 0 aromatic heterocycles. The first-order chi connectivity index (χ1) is 8.13. The number of thiocarbonyl (C=S) groups is 1. The molecule has 17 heavy (non-hydrogen) atoms. The first-order valence-electron chi connectivity index (χ1n) is 5.43. The summed E-state index contributed by atoms with van der Waals surface area (Å²) in [5.74, 6) is 0.776. The van der Waals surface area contributed by atoms with Crippen molar-refractivity contribution in [2.45, 2.75) is 6.92 Å². The van der Waals surface area contributed by atoms with Gasteiger partial charge in [0.15, 0.2) is 11.6 Å². The summed E-state index contributed by atoms with van der Waals surface area (Å²) in [6.45, 7) is 3.88. The number of nitrogens with zero attached hydrogens (tertiary/aromatic N) is 2. The van der Waals surface area contributed by atoms with E-state index in [0.29, 0.717) is 13.2 Å². The van der Waals surface area contributed by atoms with Crippen molar-refractivity contribution in [3.05, 3.63) is 23.8 Å². The standard InChI is InChI=1S/C11H14N2O3S/c1-3-13-10(14)8(16-11(13)17)4-5-9-12(2)6-7-15-9/h4-5H,3,6-7H2,1-2H3. The Kier molecular flexibility index (Phi) is 3.33. The predicted octanol–water partition coefficient (Wildman–Crippen LogP) is 0.837. The zero-order chi connectivity index (χ0) is 12.4. The number of amides is 1. The Morgan fingerprint density at radius 1 is 1.47 bits per heavy atom. The molecule has 0 radical (unpaired) electrons. The quantitative estimate of drug-likeness (QED) is 0.539. The molecule has 2 aliphatic rings. The van der Waals surface area contributed by atoms with Crippen LogP contribution in [0, 0.1) is 0 Å². The maximum atomic E-state index is 11.8. The second kappa shape index (κ2) is 4.75. The average molecular weight is 254 g/mol. The van der Waals surface area contributed by atoms with Crippen LogP contribution in [0.4, 0.5) is 0 Å². The van der Waals surface area contributed by atoms with Crippen LogP contribution in [0.3, 0.4) is 0 Å². The Morgan fingerprint density at radius 2 is 2.24 bits per heavy atom. The van der Waals surface area contributed by atoms with Crippen LogP contribution in [0.15, 0.2) is 23.8 Å². The highest BCUT2D eigenvalue weighted by molar-refractivity contribution is 7.80. The van der Waals surface area contributed by atoms with Crippen molar-refractivity contribution < 1.29 is 14.3 Å². The van der Waals surface area contributed by atoms with Gasteiger partial charge in [-0.15, -0.1) is 0 Å². The van der Waals surface area contributed by atoms with E-state index in [1.165, 1.54) is 4.90 Å². The van der Waals surface area contributed by atoms with Gasteiger partial charge >= 0.3 is 0 Å². The van der Waals surface area contributed by atoms with E-state index in [1.807, 2.05) is 18.9 Å². The third-order valence-corrected chi connectivity index (χ3v) is 2.92. The molecule has 0 saturated carbocycles. The van der Waals surface area contributed by atoms with Crippen LogP contribution in [-0.4, -0.2) is 47.6 Å². The molecule has 0 atom stereocenters. The van der Waals surface area contributed by atoms with Gasteiger partial charge in [-0.3, -0.25) is 9.69 Å². The summed E-state index contributed by atoms with van der Waals surface area (Å²) in [6, 6.07) is 0. The van der Waals surface area contributed by atoms with Gasteiger partial charge in [-0.2, -0.15) is 0 Å². The van der Waals surface area contributed by atoms with Gasteiger partial charge in [0.2, 0.25) is 0 Å². The van der Waals surface area contributed by atoms with Gasteiger partial charge in [-0.1, -0.05) is 0 Å². The van der Waals surface area contributed by atoms with Crippen molar-refractivity contribution >= 4 is 23.3 Å². The summed E-state index contributed by atoms with van der Waals surface area (Å²) in [6.07, 6.45) is 3.32. The van der Waals surface area contributed by atoms with Crippen LogP contribution >= 0.6 is 12.2 Å². The van der Waals surface area contributed by atoms with Crippen molar-refractivity contribution in [2.24, 2.45) is 0 Å². The second-order valence-electron chi connectivity index (χ2n) is 3.72. The van der Waals surface area contributed by atoms with Gasteiger partial charge in [0.25, 0.3) is 11.1 Å². The van der Waals surface area contributed by atoms with E-state index in [0.717, 1.165) is 12.4 Å². The molecular weight excluding hydrogens is 240 g/mol. The number of hydrogen-bond acceptors (Lipinski definition) is 5. The largest absolute Gasteiger partial charge is 0.477 e. The number of carbonyl (C=O) groups is 1. The van der Waals surface area contributed by atoms with E-state index in [2.05, 4.69) is 0 Å². The monoisotopic (exact) mass is 254 g/mol. The molecule has 1 amide bonds. The lowest BCUT2D eigenvalue weighted by Gasteiger charge is -2.07. The predicted molar refractivity (Wildman–Crippen MR) is 65.8 cm³/mol. The fourth-order valence-corrected chi connectivity index (χ4v) is 1.92. The highest BCUT2D eigenvalue weighted by atomic mass is 32.1. The van der Waals surface area contributed by atoms with Crippen molar-refractivity contribution in [3.63, 3.8) is 0 Å². The molecule has 92 valence electrons.